The molecule has 0 fully saturated rings. The van der Waals surface area contributed by atoms with Crippen molar-refractivity contribution in [3.8, 4) is 0 Å². The monoisotopic (exact) mass is 372 g/mol. The molecule has 10 nitrogen and oxygen atoms in total. The summed E-state index contributed by atoms with van der Waals surface area (Å²) in [7, 11) is 0. The van der Waals surface area contributed by atoms with Gasteiger partial charge >= 0.3 is 23.9 Å². The molecule has 4 N–H and O–H groups in total. The van der Waals surface area contributed by atoms with Crippen LogP contribution in [0.3, 0.4) is 0 Å². The predicted octanol–water partition coefficient (Wildman–Crippen LogP) is -1.49. The van der Waals surface area contributed by atoms with Crippen molar-refractivity contribution in [2.24, 2.45) is 0 Å². The minimum Gasteiger partial charge on any atom is -0.480 e. The van der Waals surface area contributed by atoms with Gasteiger partial charge in [-0.05, 0) is 0 Å². The maximum absolute atomic E-state index is 10.6. The molecule has 11 heteroatoms. The van der Waals surface area contributed by atoms with Crippen molar-refractivity contribution in [1.82, 2.24) is 9.80 Å². The third kappa shape index (κ3) is 13.0. The Morgan fingerprint density at radius 3 is 0.905 bits per heavy atom. The van der Waals surface area contributed by atoms with E-state index in [0.29, 0.717) is 0 Å². The molecule has 0 radical (unpaired) electrons. The molecule has 0 aromatic carbocycles. The molecule has 0 bridgehead atoms. The maximum Gasteiger partial charge on any atom is 0.317 e. The largest absolute Gasteiger partial charge is 0.480 e. The van der Waals surface area contributed by atoms with Crippen molar-refractivity contribution in [2.45, 2.75) is 0 Å². The van der Waals surface area contributed by atoms with Crippen LogP contribution in [-0.4, -0.2) is 93.4 Å². The van der Waals surface area contributed by atoms with E-state index in [1.165, 1.54) is 0 Å². The van der Waals surface area contributed by atoms with Crippen LogP contribution >= 0.6 is 17.0 Å². The van der Waals surface area contributed by atoms with Crippen LogP contribution in [-0.2, 0) is 19.2 Å². The second kappa shape index (κ2) is 11.0. The van der Waals surface area contributed by atoms with E-state index < -0.39 is 50.1 Å². The summed E-state index contributed by atoms with van der Waals surface area (Å²) in [6.07, 6.45) is 0. The number of halogens is 1. The van der Waals surface area contributed by atoms with Gasteiger partial charge in [0.1, 0.15) is 0 Å². The third-order valence-corrected chi connectivity index (χ3v) is 2.17. The SMILES string of the molecule is Br.O=C(O)CN(CCN(CC(=O)O)CC(=O)O)CC(=O)O. The zero-order valence-electron chi connectivity index (χ0n) is 11.0. The average molecular weight is 373 g/mol. The first-order valence-corrected chi connectivity index (χ1v) is 5.52. The number of carboxylic acids is 4. The first kappa shape index (κ1) is 21.6. The Hall–Kier alpha value is -1.72. The van der Waals surface area contributed by atoms with Crippen molar-refractivity contribution in [1.29, 1.82) is 0 Å². The lowest BCUT2D eigenvalue weighted by atomic mass is 10.4. The maximum atomic E-state index is 10.6. The van der Waals surface area contributed by atoms with Gasteiger partial charge in [-0.1, -0.05) is 0 Å². The average Bonchev–Trinajstić information content (AvgIpc) is 2.22. The summed E-state index contributed by atoms with van der Waals surface area (Å²) >= 11 is 0. The number of aliphatic carboxylic acids is 4. The van der Waals surface area contributed by atoms with Gasteiger partial charge in [-0.25, -0.2) is 0 Å². The van der Waals surface area contributed by atoms with Gasteiger partial charge in [0.15, 0.2) is 0 Å². The standard InChI is InChI=1S/C10H16N2O8.BrH/c13-7(14)3-11(4-8(15)16)1-2-12(5-9(17)18)6-10(19)20;/h1-6H2,(H,13,14)(H,15,16)(H,17,18)(H,19,20);1H. The highest BCUT2D eigenvalue weighted by Gasteiger charge is 2.17. The molecule has 0 aliphatic carbocycles. The van der Waals surface area contributed by atoms with Gasteiger partial charge in [0, 0.05) is 13.1 Å². The van der Waals surface area contributed by atoms with E-state index in [1.807, 2.05) is 0 Å². The van der Waals surface area contributed by atoms with Crippen LogP contribution in [0.25, 0.3) is 0 Å². The lowest BCUT2D eigenvalue weighted by Gasteiger charge is -2.23. The predicted molar refractivity (Wildman–Crippen MR) is 73.7 cm³/mol. The van der Waals surface area contributed by atoms with Crippen LogP contribution < -0.4 is 0 Å². The van der Waals surface area contributed by atoms with Gasteiger partial charge in [-0.2, -0.15) is 0 Å². The fourth-order valence-corrected chi connectivity index (χ4v) is 1.48. The number of hydrogen-bond acceptors (Lipinski definition) is 6. The van der Waals surface area contributed by atoms with Gasteiger partial charge in [0.2, 0.25) is 0 Å². The molecule has 0 aromatic heterocycles. The fourth-order valence-electron chi connectivity index (χ4n) is 1.48. The van der Waals surface area contributed by atoms with Gasteiger partial charge in [-0.15, -0.1) is 17.0 Å². The molecule has 0 aliphatic heterocycles. The second-order valence-electron chi connectivity index (χ2n) is 4.00. The summed E-state index contributed by atoms with van der Waals surface area (Å²) in [5.74, 6) is -4.91. The van der Waals surface area contributed by atoms with Crippen LogP contribution in [0.15, 0.2) is 0 Å². The Bertz CT molecular complexity index is 321. The summed E-state index contributed by atoms with van der Waals surface area (Å²) in [6.45, 7) is -2.25. The van der Waals surface area contributed by atoms with Crippen LogP contribution in [0.5, 0.6) is 0 Å². The molecule has 0 rings (SSSR count). The first-order valence-electron chi connectivity index (χ1n) is 5.52. The third-order valence-electron chi connectivity index (χ3n) is 2.17. The summed E-state index contributed by atoms with van der Waals surface area (Å²) in [5.41, 5.74) is 0. The van der Waals surface area contributed by atoms with E-state index in [-0.39, 0.29) is 30.1 Å². The molecule has 0 atom stereocenters. The van der Waals surface area contributed by atoms with Gasteiger partial charge in [0.05, 0.1) is 26.2 Å². The first-order chi connectivity index (χ1) is 9.20. The molecule has 0 amide bonds. The molecule has 0 heterocycles. The zero-order valence-corrected chi connectivity index (χ0v) is 12.7. The molecular weight excluding hydrogens is 356 g/mol. The number of rotatable bonds is 11. The zero-order chi connectivity index (χ0) is 15.7. The van der Waals surface area contributed by atoms with E-state index in [1.54, 1.807) is 0 Å². The van der Waals surface area contributed by atoms with Crippen LogP contribution in [0.2, 0.25) is 0 Å². The topological polar surface area (TPSA) is 156 Å². The highest BCUT2D eigenvalue weighted by atomic mass is 79.9. The Morgan fingerprint density at radius 1 is 0.571 bits per heavy atom. The van der Waals surface area contributed by atoms with Crippen molar-refractivity contribution >= 4 is 40.9 Å². The van der Waals surface area contributed by atoms with Crippen LogP contribution in [0, 0.1) is 0 Å². The number of carbonyl (C=O) groups is 4. The molecule has 21 heavy (non-hydrogen) atoms. The van der Waals surface area contributed by atoms with Gasteiger partial charge in [0.25, 0.3) is 0 Å². The summed E-state index contributed by atoms with van der Waals surface area (Å²) in [6, 6.07) is 0. The Kier molecular flexibility index (Phi) is 11.3. The lowest BCUT2D eigenvalue weighted by Crippen LogP contribution is -2.43. The lowest BCUT2D eigenvalue weighted by molar-refractivity contribution is -0.145. The van der Waals surface area contributed by atoms with Crippen LogP contribution in [0.4, 0.5) is 0 Å². The Morgan fingerprint density at radius 2 is 0.762 bits per heavy atom. The van der Waals surface area contributed by atoms with Crippen molar-refractivity contribution in [3.63, 3.8) is 0 Å². The number of carboxylic acid groups (broad SMARTS) is 4. The highest BCUT2D eigenvalue weighted by Crippen LogP contribution is 1.94. The summed E-state index contributed by atoms with van der Waals surface area (Å²) < 4.78 is 0. The normalized spacial score (nSPS) is 10.2. The van der Waals surface area contributed by atoms with E-state index in [0.717, 1.165) is 9.80 Å². The van der Waals surface area contributed by atoms with E-state index >= 15 is 0 Å². The van der Waals surface area contributed by atoms with E-state index in [2.05, 4.69) is 0 Å². The quantitative estimate of drug-likeness (QED) is 0.336. The summed E-state index contributed by atoms with van der Waals surface area (Å²) in [5, 5.41) is 34.5. The minimum atomic E-state index is -1.23. The summed E-state index contributed by atoms with van der Waals surface area (Å²) in [4.78, 5) is 44.4. The van der Waals surface area contributed by atoms with Crippen molar-refractivity contribution < 1.29 is 39.6 Å². The van der Waals surface area contributed by atoms with E-state index in [4.69, 9.17) is 20.4 Å². The van der Waals surface area contributed by atoms with E-state index in [9.17, 15) is 19.2 Å². The van der Waals surface area contributed by atoms with Gasteiger partial charge < -0.3 is 20.4 Å². The molecule has 0 saturated carbocycles. The molecule has 122 valence electrons. The molecule has 0 aliphatic rings. The Balaban J connectivity index is 0. The molecule has 0 spiro atoms. The fraction of sp³-hybridized carbons (Fsp3) is 0.600. The van der Waals surface area contributed by atoms with Crippen molar-refractivity contribution in [3.05, 3.63) is 0 Å². The van der Waals surface area contributed by atoms with Gasteiger partial charge in [-0.3, -0.25) is 29.0 Å². The minimum absolute atomic E-state index is 0. The number of hydrogen-bond donors (Lipinski definition) is 4. The molecule has 0 aromatic rings. The number of nitrogens with zero attached hydrogens (tertiary/aromatic N) is 2. The van der Waals surface area contributed by atoms with Crippen molar-refractivity contribution in [2.75, 3.05) is 39.3 Å². The smallest absolute Gasteiger partial charge is 0.317 e. The second-order valence-corrected chi connectivity index (χ2v) is 4.00. The highest BCUT2D eigenvalue weighted by molar-refractivity contribution is 8.93. The molecule has 0 unspecified atom stereocenters. The molecular formula is C10H17BrN2O8. The molecule has 0 saturated heterocycles. The van der Waals surface area contributed by atoms with Crippen LogP contribution in [0.1, 0.15) is 0 Å². The Labute approximate surface area is 130 Å².